The Morgan fingerprint density at radius 3 is 2.63 bits per heavy atom. The van der Waals surface area contributed by atoms with Crippen LogP contribution in [0.2, 0.25) is 0 Å². The monoisotopic (exact) mass is 434 g/mol. The molecular weight excluding hydrogens is 407 g/mol. The Bertz CT molecular complexity index is 999. The van der Waals surface area contributed by atoms with Gasteiger partial charge in [-0.3, -0.25) is 14.6 Å². The number of nitrogens with one attached hydrogen (secondary N) is 1. The van der Waals surface area contributed by atoms with Gasteiger partial charge in [-0.15, -0.1) is 0 Å². The highest BCUT2D eigenvalue weighted by atomic mass is 32.2. The molecule has 2 aromatic rings. The molecule has 0 bridgehead atoms. The van der Waals surface area contributed by atoms with E-state index < -0.39 is 16.1 Å². The van der Waals surface area contributed by atoms with Crippen LogP contribution in [0.4, 0.5) is 10.1 Å². The summed E-state index contributed by atoms with van der Waals surface area (Å²) in [5, 5.41) is 7.92. The van der Waals surface area contributed by atoms with Gasteiger partial charge in [0.2, 0.25) is 15.9 Å². The van der Waals surface area contributed by atoms with Gasteiger partial charge in [0.15, 0.2) is 0 Å². The highest BCUT2D eigenvalue weighted by Gasteiger charge is 2.24. The van der Waals surface area contributed by atoms with Gasteiger partial charge < -0.3 is 5.32 Å². The third kappa shape index (κ3) is 5.85. The topological polar surface area (TPSA) is 95.7 Å². The number of anilines is 1. The summed E-state index contributed by atoms with van der Waals surface area (Å²) in [7, 11) is -3.84. The van der Waals surface area contributed by atoms with Crippen LogP contribution < -0.4 is 10.5 Å². The predicted molar refractivity (Wildman–Crippen MR) is 114 cm³/mol. The number of hydrogen-bond acceptors (Lipinski definition) is 5. The van der Waals surface area contributed by atoms with Gasteiger partial charge >= 0.3 is 0 Å². The molecule has 2 aromatic carbocycles. The van der Waals surface area contributed by atoms with E-state index in [1.54, 1.807) is 18.2 Å². The third-order valence-corrected chi connectivity index (χ3v) is 6.24. The van der Waals surface area contributed by atoms with Crippen LogP contribution in [0, 0.1) is 5.82 Å². The Morgan fingerprint density at radius 1 is 1.13 bits per heavy atom. The summed E-state index contributed by atoms with van der Waals surface area (Å²) >= 11 is 0. The molecule has 0 radical (unpaired) electrons. The minimum Gasteiger partial charge on any atom is -0.325 e. The first-order valence-corrected chi connectivity index (χ1v) is 11.4. The largest absolute Gasteiger partial charge is 0.325 e. The minimum atomic E-state index is -3.84. The van der Waals surface area contributed by atoms with E-state index in [1.807, 2.05) is 13.0 Å². The van der Waals surface area contributed by atoms with Gasteiger partial charge in [0.05, 0.1) is 10.9 Å². The Balaban J connectivity index is 1.58. The molecule has 9 heteroatoms. The number of hydrogen-bond donors (Lipinski definition) is 2. The summed E-state index contributed by atoms with van der Waals surface area (Å²) in [6, 6.07) is 12.3. The maximum Gasteiger partial charge on any atom is 0.241 e. The summed E-state index contributed by atoms with van der Waals surface area (Å²) in [5.74, 6) is -0.419. The SMILES string of the molecule is CC(C(=O)Nc1cccc(S(N)(=O)=O)c1)N1CCCN(Cc2ccccc2F)CC1. The lowest BCUT2D eigenvalue weighted by Crippen LogP contribution is -2.43. The Hall–Kier alpha value is -2.33. The first-order chi connectivity index (χ1) is 14.2. The molecule has 3 N–H and O–H groups in total. The number of carbonyl (C=O) groups is 1. The van der Waals surface area contributed by atoms with E-state index in [1.165, 1.54) is 24.3 Å². The summed E-state index contributed by atoms with van der Waals surface area (Å²) in [5.41, 5.74) is 1.06. The molecule has 1 heterocycles. The quantitative estimate of drug-likeness (QED) is 0.725. The first kappa shape index (κ1) is 22.4. The highest BCUT2D eigenvalue weighted by Crippen LogP contribution is 2.17. The van der Waals surface area contributed by atoms with Crippen molar-refractivity contribution in [3.8, 4) is 0 Å². The number of primary sulfonamides is 1. The lowest BCUT2D eigenvalue weighted by molar-refractivity contribution is -0.120. The normalized spacial score (nSPS) is 17.3. The van der Waals surface area contributed by atoms with Gasteiger partial charge in [-0.1, -0.05) is 24.3 Å². The van der Waals surface area contributed by atoms with Gasteiger partial charge in [0, 0.05) is 37.4 Å². The van der Waals surface area contributed by atoms with Crippen molar-refractivity contribution < 1.29 is 17.6 Å². The molecule has 1 atom stereocenters. The number of carbonyl (C=O) groups excluding carboxylic acids is 1. The van der Waals surface area contributed by atoms with E-state index in [2.05, 4.69) is 15.1 Å². The predicted octanol–water partition coefficient (Wildman–Crippen LogP) is 2.01. The summed E-state index contributed by atoms with van der Waals surface area (Å²) in [6.07, 6.45) is 0.868. The van der Waals surface area contributed by atoms with E-state index in [0.717, 1.165) is 26.1 Å². The van der Waals surface area contributed by atoms with Crippen LogP contribution in [0.3, 0.4) is 0 Å². The second-order valence-corrected chi connectivity index (χ2v) is 9.06. The number of halogens is 1. The summed E-state index contributed by atoms with van der Waals surface area (Å²) < 4.78 is 36.9. The molecule has 1 saturated heterocycles. The average molecular weight is 435 g/mol. The van der Waals surface area contributed by atoms with Crippen LogP contribution in [-0.2, 0) is 21.4 Å². The third-order valence-electron chi connectivity index (χ3n) is 5.33. The molecule has 162 valence electrons. The number of benzene rings is 2. The van der Waals surface area contributed by atoms with Crippen molar-refractivity contribution in [1.29, 1.82) is 0 Å². The van der Waals surface area contributed by atoms with Crippen LogP contribution >= 0.6 is 0 Å². The lowest BCUT2D eigenvalue weighted by Gasteiger charge is -2.27. The Kier molecular flexibility index (Phi) is 7.19. The lowest BCUT2D eigenvalue weighted by atomic mass is 10.2. The summed E-state index contributed by atoms with van der Waals surface area (Å²) in [6.45, 7) is 5.36. The zero-order valence-electron chi connectivity index (χ0n) is 16.9. The number of sulfonamides is 1. The molecule has 0 aliphatic carbocycles. The molecule has 1 amide bonds. The number of amides is 1. The van der Waals surface area contributed by atoms with Crippen LogP contribution in [0.15, 0.2) is 53.4 Å². The maximum atomic E-state index is 13.9. The smallest absolute Gasteiger partial charge is 0.241 e. The van der Waals surface area contributed by atoms with Crippen LogP contribution in [0.5, 0.6) is 0 Å². The molecule has 1 unspecified atom stereocenters. The van der Waals surface area contributed by atoms with Gasteiger partial charge in [0.1, 0.15) is 5.82 Å². The van der Waals surface area contributed by atoms with E-state index in [9.17, 15) is 17.6 Å². The van der Waals surface area contributed by atoms with Crippen molar-refractivity contribution in [2.45, 2.75) is 30.8 Å². The van der Waals surface area contributed by atoms with Gasteiger partial charge in [-0.25, -0.2) is 17.9 Å². The van der Waals surface area contributed by atoms with E-state index >= 15 is 0 Å². The second-order valence-electron chi connectivity index (χ2n) is 7.50. The molecule has 1 aliphatic rings. The fourth-order valence-electron chi connectivity index (χ4n) is 3.57. The van der Waals surface area contributed by atoms with E-state index in [-0.39, 0.29) is 16.6 Å². The molecule has 3 rings (SSSR count). The van der Waals surface area contributed by atoms with Crippen LogP contribution in [0.25, 0.3) is 0 Å². The Morgan fingerprint density at radius 2 is 1.90 bits per heavy atom. The molecule has 0 spiro atoms. The highest BCUT2D eigenvalue weighted by molar-refractivity contribution is 7.89. The van der Waals surface area contributed by atoms with Gasteiger partial charge in [-0.2, -0.15) is 0 Å². The van der Waals surface area contributed by atoms with Crippen molar-refractivity contribution in [2.75, 3.05) is 31.5 Å². The van der Waals surface area contributed by atoms with E-state index in [0.29, 0.717) is 24.3 Å². The summed E-state index contributed by atoms with van der Waals surface area (Å²) in [4.78, 5) is 16.9. The van der Waals surface area contributed by atoms with Gasteiger partial charge in [-0.05, 0) is 44.2 Å². The molecule has 30 heavy (non-hydrogen) atoms. The number of nitrogens with zero attached hydrogens (tertiary/aromatic N) is 2. The zero-order valence-corrected chi connectivity index (χ0v) is 17.7. The fraction of sp³-hybridized carbons (Fsp3) is 0.381. The van der Waals surface area contributed by atoms with Crippen LogP contribution in [-0.4, -0.2) is 56.3 Å². The first-order valence-electron chi connectivity index (χ1n) is 9.87. The van der Waals surface area contributed by atoms with Crippen molar-refractivity contribution >= 4 is 21.6 Å². The van der Waals surface area contributed by atoms with E-state index in [4.69, 9.17) is 5.14 Å². The molecule has 1 aliphatic heterocycles. The van der Waals surface area contributed by atoms with Crippen molar-refractivity contribution in [1.82, 2.24) is 9.80 Å². The standard InChI is InChI=1S/C21H27FN4O3S/c1-16(21(27)24-18-7-4-8-19(14-18)30(23,28)29)26-11-5-10-25(12-13-26)15-17-6-2-3-9-20(17)22/h2-4,6-9,14,16H,5,10-13,15H2,1H3,(H,24,27)(H2,23,28,29). The van der Waals surface area contributed by atoms with Crippen molar-refractivity contribution in [3.05, 3.63) is 59.9 Å². The maximum absolute atomic E-state index is 13.9. The van der Waals surface area contributed by atoms with Crippen molar-refractivity contribution in [3.63, 3.8) is 0 Å². The van der Waals surface area contributed by atoms with Gasteiger partial charge in [0.25, 0.3) is 0 Å². The molecule has 1 fully saturated rings. The molecule has 0 saturated carbocycles. The Labute approximate surface area is 176 Å². The minimum absolute atomic E-state index is 0.0495. The van der Waals surface area contributed by atoms with Crippen LogP contribution in [0.1, 0.15) is 18.9 Å². The van der Waals surface area contributed by atoms with Crippen molar-refractivity contribution in [2.24, 2.45) is 5.14 Å². The average Bonchev–Trinajstić information content (AvgIpc) is 2.94. The molecule has 7 nitrogen and oxygen atoms in total. The number of rotatable bonds is 6. The fourth-order valence-corrected chi connectivity index (χ4v) is 4.13. The number of nitrogens with two attached hydrogens (primary N) is 1. The second kappa shape index (κ2) is 9.65. The molecular formula is C21H27FN4O3S. The molecule has 0 aromatic heterocycles. The zero-order chi connectivity index (χ0) is 21.7.